The van der Waals surface area contributed by atoms with Crippen LogP contribution in [-0.4, -0.2) is 39.0 Å². The molecule has 24 heavy (non-hydrogen) atoms. The van der Waals surface area contributed by atoms with E-state index in [1.165, 1.54) is 5.56 Å². The maximum absolute atomic E-state index is 12.8. The van der Waals surface area contributed by atoms with E-state index in [1.807, 2.05) is 45.3 Å². The van der Waals surface area contributed by atoms with Gasteiger partial charge in [-0.25, -0.2) is 4.79 Å². The number of nitrogens with one attached hydrogen (secondary N) is 1. The van der Waals surface area contributed by atoms with Gasteiger partial charge in [-0.15, -0.1) is 0 Å². The lowest BCUT2D eigenvalue weighted by Gasteiger charge is -2.37. The van der Waals surface area contributed by atoms with Crippen molar-refractivity contribution in [3.63, 3.8) is 0 Å². The number of rotatable bonds is 3. The Morgan fingerprint density at radius 2 is 2.21 bits per heavy atom. The van der Waals surface area contributed by atoms with Gasteiger partial charge in [-0.2, -0.15) is 5.10 Å². The van der Waals surface area contributed by atoms with Crippen LogP contribution in [0.2, 0.25) is 0 Å². The maximum atomic E-state index is 12.8. The first-order chi connectivity index (χ1) is 11.5. The summed E-state index contributed by atoms with van der Waals surface area (Å²) in [6.45, 7) is 4.41. The summed E-state index contributed by atoms with van der Waals surface area (Å²) in [4.78, 5) is 14.5. The number of carbonyl (C=O) groups is 1. The molecule has 0 spiro atoms. The maximum Gasteiger partial charge on any atom is 0.318 e. The van der Waals surface area contributed by atoms with Gasteiger partial charge in [0.2, 0.25) is 0 Å². The predicted octanol–water partition coefficient (Wildman–Crippen LogP) is 2.09. The Morgan fingerprint density at radius 1 is 1.46 bits per heavy atom. The zero-order valence-electron chi connectivity index (χ0n) is 14.4. The van der Waals surface area contributed by atoms with Crippen LogP contribution < -0.4 is 5.32 Å². The second-order valence-electron chi connectivity index (χ2n) is 6.36. The number of aromatic nitrogens is 2. The fourth-order valence-electron chi connectivity index (χ4n) is 3.48. The van der Waals surface area contributed by atoms with Crippen molar-refractivity contribution in [3.8, 4) is 0 Å². The lowest BCUT2D eigenvalue weighted by Crippen LogP contribution is -2.47. The number of benzene rings is 1. The standard InChI is InChI=1S/C18H24N4O2/c1-12(16-10-21(3)20-13(16)2)19-18(24)22-9-8-14-6-4-5-7-15(14)17(22)11-23/h4-7,10,12,17,23H,8-9,11H2,1-3H3,(H,19,24)/t12-,17+/m0/s1. The average molecular weight is 328 g/mol. The van der Waals surface area contributed by atoms with E-state index in [1.54, 1.807) is 9.58 Å². The molecule has 6 nitrogen and oxygen atoms in total. The number of carbonyl (C=O) groups excluding carboxylic acids is 1. The molecule has 0 radical (unpaired) electrons. The zero-order valence-corrected chi connectivity index (χ0v) is 14.4. The summed E-state index contributed by atoms with van der Waals surface area (Å²) in [5.41, 5.74) is 4.15. The van der Waals surface area contributed by atoms with Crippen molar-refractivity contribution in [1.82, 2.24) is 20.0 Å². The van der Waals surface area contributed by atoms with Gasteiger partial charge in [-0.05, 0) is 31.4 Å². The van der Waals surface area contributed by atoms with Gasteiger partial charge in [0.15, 0.2) is 0 Å². The molecular formula is C18H24N4O2. The number of urea groups is 1. The summed E-state index contributed by atoms with van der Waals surface area (Å²) in [6.07, 6.45) is 2.73. The van der Waals surface area contributed by atoms with Crippen molar-refractivity contribution in [3.05, 3.63) is 52.8 Å². The van der Waals surface area contributed by atoms with E-state index in [9.17, 15) is 9.90 Å². The van der Waals surface area contributed by atoms with Gasteiger partial charge in [0.1, 0.15) is 0 Å². The minimum Gasteiger partial charge on any atom is -0.394 e. The zero-order chi connectivity index (χ0) is 17.3. The number of hydrogen-bond acceptors (Lipinski definition) is 3. The van der Waals surface area contributed by atoms with Crippen LogP contribution in [-0.2, 0) is 13.5 Å². The molecule has 0 bridgehead atoms. The Morgan fingerprint density at radius 3 is 2.88 bits per heavy atom. The van der Waals surface area contributed by atoms with Crippen LogP contribution in [0.15, 0.2) is 30.5 Å². The van der Waals surface area contributed by atoms with Gasteiger partial charge >= 0.3 is 6.03 Å². The molecule has 0 unspecified atom stereocenters. The van der Waals surface area contributed by atoms with Crippen LogP contribution in [0.3, 0.4) is 0 Å². The molecule has 0 fully saturated rings. The fraction of sp³-hybridized carbons (Fsp3) is 0.444. The SMILES string of the molecule is Cc1nn(C)cc1[C@H](C)NC(=O)N1CCc2ccccc2[C@H]1CO. The Hall–Kier alpha value is -2.34. The summed E-state index contributed by atoms with van der Waals surface area (Å²) < 4.78 is 1.75. The average Bonchev–Trinajstić information content (AvgIpc) is 2.92. The molecule has 1 aliphatic heterocycles. The van der Waals surface area contributed by atoms with Crippen molar-refractivity contribution < 1.29 is 9.90 Å². The Labute approximate surface area is 142 Å². The number of amides is 2. The molecule has 3 rings (SSSR count). The van der Waals surface area contributed by atoms with Crippen LogP contribution in [0.4, 0.5) is 4.79 Å². The van der Waals surface area contributed by atoms with Gasteiger partial charge in [0.25, 0.3) is 0 Å². The summed E-state index contributed by atoms with van der Waals surface area (Å²) in [7, 11) is 1.87. The second-order valence-corrected chi connectivity index (χ2v) is 6.36. The lowest BCUT2D eigenvalue weighted by molar-refractivity contribution is 0.125. The van der Waals surface area contributed by atoms with E-state index in [2.05, 4.69) is 16.5 Å². The number of aliphatic hydroxyl groups is 1. The molecule has 1 aromatic carbocycles. The summed E-state index contributed by atoms with van der Waals surface area (Å²) in [6, 6.07) is 7.42. The first-order valence-corrected chi connectivity index (χ1v) is 8.27. The van der Waals surface area contributed by atoms with Crippen molar-refractivity contribution >= 4 is 6.03 Å². The second kappa shape index (κ2) is 6.65. The van der Waals surface area contributed by atoms with E-state index in [4.69, 9.17) is 0 Å². The topological polar surface area (TPSA) is 70.4 Å². The monoisotopic (exact) mass is 328 g/mol. The fourth-order valence-corrected chi connectivity index (χ4v) is 3.48. The Kier molecular flexibility index (Phi) is 4.57. The van der Waals surface area contributed by atoms with Crippen molar-refractivity contribution in [2.24, 2.45) is 7.05 Å². The highest BCUT2D eigenvalue weighted by molar-refractivity contribution is 5.76. The lowest BCUT2D eigenvalue weighted by atomic mass is 9.93. The minimum absolute atomic E-state index is 0.0786. The quantitative estimate of drug-likeness (QED) is 0.906. The van der Waals surface area contributed by atoms with Crippen molar-refractivity contribution in [2.45, 2.75) is 32.4 Å². The molecule has 1 aliphatic rings. The summed E-state index contributed by atoms with van der Waals surface area (Å²) >= 11 is 0. The molecule has 2 N–H and O–H groups in total. The van der Waals surface area contributed by atoms with E-state index in [0.29, 0.717) is 6.54 Å². The molecule has 1 aromatic heterocycles. The summed E-state index contributed by atoms with van der Waals surface area (Å²) in [5, 5.41) is 17.2. The molecule has 128 valence electrons. The highest BCUT2D eigenvalue weighted by Gasteiger charge is 2.31. The Bertz CT molecular complexity index is 740. The van der Waals surface area contributed by atoms with Crippen LogP contribution in [0.25, 0.3) is 0 Å². The largest absolute Gasteiger partial charge is 0.394 e. The third-order valence-electron chi connectivity index (χ3n) is 4.70. The predicted molar refractivity (Wildman–Crippen MR) is 91.6 cm³/mol. The minimum atomic E-state index is -0.294. The van der Waals surface area contributed by atoms with E-state index in [-0.39, 0.29) is 24.7 Å². The third kappa shape index (κ3) is 3.01. The smallest absolute Gasteiger partial charge is 0.318 e. The molecule has 0 saturated carbocycles. The molecule has 2 aromatic rings. The molecule has 2 amide bonds. The van der Waals surface area contributed by atoms with Crippen molar-refractivity contribution in [2.75, 3.05) is 13.2 Å². The molecule has 2 atom stereocenters. The highest BCUT2D eigenvalue weighted by Crippen LogP contribution is 2.29. The molecule has 0 saturated heterocycles. The number of hydrogen-bond donors (Lipinski definition) is 2. The molecule has 6 heteroatoms. The number of fused-ring (bicyclic) bond motifs is 1. The van der Waals surface area contributed by atoms with Crippen LogP contribution in [0, 0.1) is 6.92 Å². The van der Waals surface area contributed by atoms with Crippen LogP contribution >= 0.6 is 0 Å². The third-order valence-corrected chi connectivity index (χ3v) is 4.70. The number of aryl methyl sites for hydroxylation is 2. The van der Waals surface area contributed by atoms with Crippen molar-refractivity contribution in [1.29, 1.82) is 0 Å². The van der Waals surface area contributed by atoms with Gasteiger partial charge in [-0.1, -0.05) is 24.3 Å². The van der Waals surface area contributed by atoms with Crippen LogP contribution in [0.1, 0.15) is 41.4 Å². The first kappa shape index (κ1) is 16.5. The Balaban J connectivity index is 1.76. The number of nitrogens with zero attached hydrogens (tertiary/aromatic N) is 3. The molecular weight excluding hydrogens is 304 g/mol. The normalized spacial score (nSPS) is 18.2. The molecule has 0 aliphatic carbocycles. The molecule has 2 heterocycles. The van der Waals surface area contributed by atoms with Gasteiger partial charge in [0.05, 0.1) is 24.4 Å². The number of aliphatic hydroxyl groups excluding tert-OH is 1. The van der Waals surface area contributed by atoms with E-state index < -0.39 is 0 Å². The van der Waals surface area contributed by atoms with Gasteiger partial charge < -0.3 is 15.3 Å². The van der Waals surface area contributed by atoms with Crippen LogP contribution in [0.5, 0.6) is 0 Å². The summed E-state index contributed by atoms with van der Waals surface area (Å²) in [5.74, 6) is 0. The highest BCUT2D eigenvalue weighted by atomic mass is 16.3. The van der Waals surface area contributed by atoms with E-state index in [0.717, 1.165) is 23.2 Å². The van der Waals surface area contributed by atoms with Gasteiger partial charge in [0, 0.05) is 25.4 Å². The first-order valence-electron chi connectivity index (χ1n) is 8.27. The van der Waals surface area contributed by atoms with E-state index >= 15 is 0 Å². The van der Waals surface area contributed by atoms with Gasteiger partial charge in [-0.3, -0.25) is 4.68 Å².